The predicted molar refractivity (Wildman–Crippen MR) is 80.4 cm³/mol. The van der Waals surface area contributed by atoms with E-state index in [1.165, 1.54) is 51.0 Å². The molecule has 1 aliphatic carbocycles. The molecule has 1 fully saturated rings. The summed E-state index contributed by atoms with van der Waals surface area (Å²) in [5, 5.41) is 0. The van der Waals surface area contributed by atoms with Crippen molar-refractivity contribution in [1.82, 2.24) is 0 Å². The van der Waals surface area contributed by atoms with Crippen LogP contribution in [0, 0.1) is 11.7 Å². The van der Waals surface area contributed by atoms with E-state index in [2.05, 4.69) is 15.9 Å². The molecule has 3 heteroatoms. The zero-order valence-electron chi connectivity index (χ0n) is 11.5. The summed E-state index contributed by atoms with van der Waals surface area (Å²) in [6.07, 6.45) is 8.93. The van der Waals surface area contributed by atoms with Crippen molar-refractivity contribution in [2.75, 3.05) is 7.11 Å². The fourth-order valence-corrected chi connectivity index (χ4v) is 3.79. The smallest absolute Gasteiger partial charge is 0.131 e. The standard InChI is InChI=1S/C16H22BrFO/c1-19-13-9-10-14(15(18)11-13)16(17)12-7-5-3-2-4-6-8-12/h9-12,16H,2-8H2,1H3. The summed E-state index contributed by atoms with van der Waals surface area (Å²) < 4.78 is 19.2. The van der Waals surface area contributed by atoms with Crippen molar-refractivity contribution in [3.05, 3.63) is 29.6 Å². The van der Waals surface area contributed by atoms with E-state index in [1.54, 1.807) is 7.11 Å². The molecule has 1 unspecified atom stereocenters. The fourth-order valence-electron chi connectivity index (χ4n) is 2.89. The maximum atomic E-state index is 14.1. The molecule has 0 radical (unpaired) electrons. The first-order chi connectivity index (χ1) is 9.22. The second-order valence-corrected chi connectivity index (χ2v) is 6.38. The normalized spacial score (nSPS) is 19.5. The second-order valence-electron chi connectivity index (χ2n) is 5.39. The summed E-state index contributed by atoms with van der Waals surface area (Å²) >= 11 is 3.72. The number of halogens is 2. The monoisotopic (exact) mass is 328 g/mol. The van der Waals surface area contributed by atoms with Gasteiger partial charge in [-0.1, -0.05) is 54.1 Å². The first kappa shape index (κ1) is 14.8. The summed E-state index contributed by atoms with van der Waals surface area (Å²) in [5.41, 5.74) is 0.770. The highest BCUT2D eigenvalue weighted by atomic mass is 79.9. The molecule has 1 aliphatic rings. The maximum Gasteiger partial charge on any atom is 0.131 e. The Kier molecular flexibility index (Phi) is 5.68. The Labute approximate surface area is 123 Å². The molecule has 2 rings (SSSR count). The second kappa shape index (κ2) is 7.28. The largest absolute Gasteiger partial charge is 0.497 e. The van der Waals surface area contributed by atoms with Gasteiger partial charge in [0.05, 0.1) is 7.11 Å². The Morgan fingerprint density at radius 3 is 2.37 bits per heavy atom. The van der Waals surface area contributed by atoms with Gasteiger partial charge in [-0.15, -0.1) is 0 Å². The number of hydrogen-bond acceptors (Lipinski definition) is 1. The van der Waals surface area contributed by atoms with Gasteiger partial charge in [0.2, 0.25) is 0 Å². The van der Waals surface area contributed by atoms with Gasteiger partial charge in [-0.3, -0.25) is 0 Å². The zero-order valence-corrected chi connectivity index (χ0v) is 13.1. The van der Waals surface area contributed by atoms with Crippen LogP contribution in [-0.4, -0.2) is 7.11 Å². The lowest BCUT2D eigenvalue weighted by Crippen LogP contribution is -2.11. The molecule has 1 saturated carbocycles. The van der Waals surface area contributed by atoms with Crippen LogP contribution in [0.1, 0.15) is 55.3 Å². The number of ether oxygens (including phenoxy) is 1. The molecule has 1 aromatic carbocycles. The molecule has 1 atom stereocenters. The van der Waals surface area contributed by atoms with Crippen LogP contribution >= 0.6 is 15.9 Å². The van der Waals surface area contributed by atoms with Crippen molar-refractivity contribution in [2.45, 2.75) is 49.8 Å². The van der Waals surface area contributed by atoms with E-state index in [0.717, 1.165) is 5.56 Å². The zero-order chi connectivity index (χ0) is 13.7. The fraction of sp³-hybridized carbons (Fsp3) is 0.625. The van der Waals surface area contributed by atoms with E-state index >= 15 is 0 Å². The van der Waals surface area contributed by atoms with Crippen LogP contribution in [0.4, 0.5) is 4.39 Å². The lowest BCUT2D eigenvalue weighted by molar-refractivity contribution is 0.369. The van der Waals surface area contributed by atoms with Gasteiger partial charge in [0.25, 0.3) is 0 Å². The van der Waals surface area contributed by atoms with Crippen LogP contribution in [-0.2, 0) is 0 Å². The quantitative estimate of drug-likeness (QED) is 0.653. The molecule has 0 heterocycles. The summed E-state index contributed by atoms with van der Waals surface area (Å²) in [6.45, 7) is 0. The first-order valence-corrected chi connectivity index (χ1v) is 8.11. The van der Waals surface area contributed by atoms with Crippen molar-refractivity contribution in [1.29, 1.82) is 0 Å². The lowest BCUT2D eigenvalue weighted by atomic mass is 9.86. The minimum absolute atomic E-state index is 0.122. The SMILES string of the molecule is COc1ccc(C(Br)C2CCCCCCC2)c(F)c1. The molecule has 1 aromatic rings. The third kappa shape index (κ3) is 3.95. The molecule has 0 aliphatic heterocycles. The van der Waals surface area contributed by atoms with Gasteiger partial charge in [0.1, 0.15) is 11.6 Å². The van der Waals surface area contributed by atoms with Gasteiger partial charge in [0, 0.05) is 16.5 Å². The first-order valence-electron chi connectivity index (χ1n) is 7.20. The molecule has 0 amide bonds. The van der Waals surface area contributed by atoms with Gasteiger partial charge < -0.3 is 4.74 Å². The highest BCUT2D eigenvalue weighted by Gasteiger charge is 2.23. The van der Waals surface area contributed by atoms with Gasteiger partial charge in [-0.2, -0.15) is 0 Å². The lowest BCUT2D eigenvalue weighted by Gasteiger charge is -2.25. The number of hydrogen-bond donors (Lipinski definition) is 0. The van der Waals surface area contributed by atoms with Crippen molar-refractivity contribution in [2.24, 2.45) is 5.92 Å². The summed E-state index contributed by atoms with van der Waals surface area (Å²) in [7, 11) is 1.56. The number of alkyl halides is 1. The molecule has 0 aromatic heterocycles. The summed E-state index contributed by atoms with van der Waals surface area (Å²) in [5.74, 6) is 0.963. The third-order valence-electron chi connectivity index (χ3n) is 4.07. The van der Waals surface area contributed by atoms with E-state index in [1.807, 2.05) is 12.1 Å². The average Bonchev–Trinajstić information content (AvgIpc) is 2.37. The predicted octanol–water partition coefficient (Wildman–Crippen LogP) is 5.63. The maximum absolute atomic E-state index is 14.1. The number of benzene rings is 1. The Hall–Kier alpha value is -0.570. The Bertz CT molecular complexity index is 400. The van der Waals surface area contributed by atoms with E-state index in [-0.39, 0.29) is 10.6 Å². The Balaban J connectivity index is 2.10. The minimum Gasteiger partial charge on any atom is -0.497 e. The van der Waals surface area contributed by atoms with Crippen LogP contribution in [0.5, 0.6) is 5.75 Å². The van der Waals surface area contributed by atoms with Crippen molar-refractivity contribution >= 4 is 15.9 Å². The average molecular weight is 329 g/mol. The van der Waals surface area contributed by atoms with Crippen LogP contribution in [0.3, 0.4) is 0 Å². The summed E-state index contributed by atoms with van der Waals surface area (Å²) in [4.78, 5) is 0.122. The van der Waals surface area contributed by atoms with Gasteiger partial charge >= 0.3 is 0 Å². The van der Waals surface area contributed by atoms with Crippen LogP contribution in [0.2, 0.25) is 0 Å². The highest BCUT2D eigenvalue weighted by molar-refractivity contribution is 9.09. The van der Waals surface area contributed by atoms with Crippen molar-refractivity contribution < 1.29 is 9.13 Å². The highest BCUT2D eigenvalue weighted by Crippen LogP contribution is 2.40. The number of methoxy groups -OCH3 is 1. The minimum atomic E-state index is -0.164. The molecule has 0 saturated heterocycles. The molecule has 1 nitrogen and oxygen atoms in total. The van der Waals surface area contributed by atoms with E-state index in [0.29, 0.717) is 11.7 Å². The molecule has 0 bridgehead atoms. The Morgan fingerprint density at radius 1 is 1.16 bits per heavy atom. The van der Waals surface area contributed by atoms with Crippen LogP contribution < -0.4 is 4.74 Å². The molecular weight excluding hydrogens is 307 g/mol. The number of rotatable bonds is 3. The van der Waals surface area contributed by atoms with Crippen molar-refractivity contribution in [3.8, 4) is 5.75 Å². The molecule has 106 valence electrons. The molecule has 19 heavy (non-hydrogen) atoms. The molecule has 0 spiro atoms. The molecule has 0 N–H and O–H groups in total. The Morgan fingerprint density at radius 2 is 1.79 bits per heavy atom. The van der Waals surface area contributed by atoms with E-state index < -0.39 is 0 Å². The third-order valence-corrected chi connectivity index (χ3v) is 5.31. The van der Waals surface area contributed by atoms with Gasteiger partial charge in [0.15, 0.2) is 0 Å². The van der Waals surface area contributed by atoms with Gasteiger partial charge in [-0.25, -0.2) is 4.39 Å². The summed E-state index contributed by atoms with van der Waals surface area (Å²) in [6, 6.07) is 5.18. The van der Waals surface area contributed by atoms with E-state index in [4.69, 9.17) is 4.74 Å². The van der Waals surface area contributed by atoms with Gasteiger partial charge in [-0.05, 0) is 24.8 Å². The van der Waals surface area contributed by atoms with Crippen LogP contribution in [0.25, 0.3) is 0 Å². The molecular formula is C16H22BrFO. The van der Waals surface area contributed by atoms with Crippen molar-refractivity contribution in [3.63, 3.8) is 0 Å². The van der Waals surface area contributed by atoms with Crippen LogP contribution in [0.15, 0.2) is 18.2 Å². The van der Waals surface area contributed by atoms with E-state index in [9.17, 15) is 4.39 Å². The topological polar surface area (TPSA) is 9.23 Å².